The number of hydrogen-bond donors (Lipinski definition) is 0. The van der Waals surface area contributed by atoms with Gasteiger partial charge in [0.05, 0.1) is 0 Å². The average Bonchev–Trinajstić information content (AvgIpc) is 3.37. The van der Waals surface area contributed by atoms with Crippen molar-refractivity contribution in [2.45, 2.75) is 0 Å². The van der Waals surface area contributed by atoms with E-state index in [1.807, 2.05) is 0 Å². The molecular formula is C40H26. The van der Waals surface area contributed by atoms with Crippen LogP contribution in [0.2, 0.25) is 0 Å². The van der Waals surface area contributed by atoms with E-state index in [0.717, 1.165) is 0 Å². The van der Waals surface area contributed by atoms with Crippen LogP contribution in [0.25, 0.3) is 77.5 Å². The SMILES string of the molecule is c1ccc(-c2ccc(-c3ccc(-c4ccc(-c5cc6c7c(cccc7c5)-c5ccccc5-6)cc4)cc3)cc2)cc1. The molecule has 0 saturated heterocycles. The molecule has 0 bridgehead atoms. The third-order valence-electron chi connectivity index (χ3n) is 8.25. The predicted molar refractivity (Wildman–Crippen MR) is 170 cm³/mol. The first-order chi connectivity index (χ1) is 19.8. The van der Waals surface area contributed by atoms with E-state index in [0.29, 0.717) is 0 Å². The molecule has 7 aromatic rings. The van der Waals surface area contributed by atoms with Gasteiger partial charge in [-0.25, -0.2) is 0 Å². The third kappa shape index (κ3) is 3.77. The van der Waals surface area contributed by atoms with E-state index in [-0.39, 0.29) is 0 Å². The second-order valence-electron chi connectivity index (χ2n) is 10.6. The Labute approximate surface area is 234 Å². The predicted octanol–water partition coefficient (Wildman–Crippen LogP) is 11.2. The van der Waals surface area contributed by atoms with Crippen LogP contribution in [-0.4, -0.2) is 0 Å². The summed E-state index contributed by atoms with van der Waals surface area (Å²) in [5, 5.41) is 2.68. The van der Waals surface area contributed by atoms with Gasteiger partial charge in [-0.15, -0.1) is 0 Å². The molecule has 0 nitrogen and oxygen atoms in total. The van der Waals surface area contributed by atoms with E-state index in [2.05, 4.69) is 158 Å². The highest BCUT2D eigenvalue weighted by molar-refractivity contribution is 6.16. The van der Waals surface area contributed by atoms with Crippen molar-refractivity contribution >= 4 is 10.8 Å². The summed E-state index contributed by atoms with van der Waals surface area (Å²) in [4.78, 5) is 0. The first-order valence-corrected chi connectivity index (χ1v) is 13.9. The van der Waals surface area contributed by atoms with Crippen LogP contribution >= 0.6 is 0 Å². The van der Waals surface area contributed by atoms with Gasteiger partial charge in [-0.2, -0.15) is 0 Å². The zero-order valence-electron chi connectivity index (χ0n) is 22.0. The van der Waals surface area contributed by atoms with Gasteiger partial charge in [-0.1, -0.05) is 146 Å². The van der Waals surface area contributed by atoms with Crippen molar-refractivity contribution < 1.29 is 0 Å². The molecular weight excluding hydrogens is 480 g/mol. The first kappa shape index (κ1) is 22.8. The second kappa shape index (κ2) is 9.22. The summed E-state index contributed by atoms with van der Waals surface area (Å²) >= 11 is 0. The molecule has 0 atom stereocenters. The minimum absolute atomic E-state index is 1.23. The molecule has 0 aromatic heterocycles. The van der Waals surface area contributed by atoms with Gasteiger partial charge < -0.3 is 0 Å². The molecule has 186 valence electrons. The lowest BCUT2D eigenvalue weighted by atomic mass is 9.94. The molecule has 1 aliphatic carbocycles. The van der Waals surface area contributed by atoms with Crippen molar-refractivity contribution in [2.75, 3.05) is 0 Å². The molecule has 0 N–H and O–H groups in total. The first-order valence-electron chi connectivity index (χ1n) is 13.9. The summed E-state index contributed by atoms with van der Waals surface area (Å²) in [5.74, 6) is 0. The normalized spacial score (nSPS) is 11.5. The topological polar surface area (TPSA) is 0 Å². The molecule has 0 unspecified atom stereocenters. The van der Waals surface area contributed by atoms with Crippen LogP contribution in [0.5, 0.6) is 0 Å². The summed E-state index contributed by atoms with van der Waals surface area (Å²) in [5.41, 5.74) is 15.3. The molecule has 40 heavy (non-hydrogen) atoms. The third-order valence-corrected chi connectivity index (χ3v) is 8.25. The van der Waals surface area contributed by atoms with Crippen molar-refractivity contribution in [2.24, 2.45) is 0 Å². The molecule has 0 heterocycles. The second-order valence-corrected chi connectivity index (χ2v) is 10.6. The highest BCUT2D eigenvalue weighted by Gasteiger charge is 2.21. The summed E-state index contributed by atoms with van der Waals surface area (Å²) < 4.78 is 0. The fourth-order valence-corrected chi connectivity index (χ4v) is 6.18. The Balaban J connectivity index is 1.07. The maximum atomic E-state index is 2.37. The maximum Gasteiger partial charge on any atom is -0.00259 e. The highest BCUT2D eigenvalue weighted by atomic mass is 14.2. The molecule has 7 aromatic carbocycles. The van der Waals surface area contributed by atoms with Crippen molar-refractivity contribution in [1.29, 1.82) is 0 Å². The van der Waals surface area contributed by atoms with Gasteiger partial charge in [-0.3, -0.25) is 0 Å². The summed E-state index contributed by atoms with van der Waals surface area (Å²) in [6, 6.07) is 57.4. The Morgan fingerprint density at radius 1 is 0.225 bits per heavy atom. The van der Waals surface area contributed by atoms with Crippen molar-refractivity contribution in [3.63, 3.8) is 0 Å². The van der Waals surface area contributed by atoms with E-state index < -0.39 is 0 Å². The van der Waals surface area contributed by atoms with Crippen LogP contribution in [0.1, 0.15) is 0 Å². The Bertz CT molecular complexity index is 1990. The molecule has 8 rings (SSSR count). The van der Waals surface area contributed by atoms with Gasteiger partial charge in [0.25, 0.3) is 0 Å². The molecule has 1 aliphatic rings. The van der Waals surface area contributed by atoms with Crippen LogP contribution in [0, 0.1) is 0 Å². The van der Waals surface area contributed by atoms with Crippen LogP contribution in [0.4, 0.5) is 0 Å². The molecule has 0 aliphatic heterocycles. The van der Waals surface area contributed by atoms with Gasteiger partial charge in [0.15, 0.2) is 0 Å². The quantitative estimate of drug-likeness (QED) is 0.223. The van der Waals surface area contributed by atoms with Gasteiger partial charge in [0.2, 0.25) is 0 Å². The zero-order chi connectivity index (χ0) is 26.5. The van der Waals surface area contributed by atoms with E-state index in [1.54, 1.807) is 0 Å². The Morgan fingerprint density at radius 2 is 0.625 bits per heavy atom. The molecule has 0 spiro atoms. The Morgan fingerprint density at radius 3 is 1.15 bits per heavy atom. The molecule has 0 saturated carbocycles. The van der Waals surface area contributed by atoms with Gasteiger partial charge in [0, 0.05) is 0 Å². The largest absolute Gasteiger partial charge is 0.0622 e. The Kier molecular flexibility index (Phi) is 5.24. The molecule has 0 fully saturated rings. The smallest absolute Gasteiger partial charge is 0.00259 e. The summed E-state index contributed by atoms with van der Waals surface area (Å²) in [6.07, 6.45) is 0. The lowest BCUT2D eigenvalue weighted by Gasteiger charge is -2.10. The Hall–Kier alpha value is -5.20. The summed E-state index contributed by atoms with van der Waals surface area (Å²) in [7, 11) is 0. The molecule has 0 amide bonds. The fraction of sp³-hybridized carbons (Fsp3) is 0. The number of fused-ring (bicyclic) bond motifs is 3. The van der Waals surface area contributed by atoms with E-state index >= 15 is 0 Å². The highest BCUT2D eigenvalue weighted by Crippen LogP contribution is 2.48. The maximum absolute atomic E-state index is 2.37. The van der Waals surface area contributed by atoms with E-state index in [1.165, 1.54) is 77.5 Å². The average molecular weight is 507 g/mol. The lowest BCUT2D eigenvalue weighted by molar-refractivity contribution is 1.57. The standard InChI is InChI=1S/C40H26/c1-2-7-27(8-3-1)28-13-15-29(16-14-28)30-17-19-31(20-18-30)32-21-23-33(24-22-32)35-25-34-9-6-12-38-36-10-4-5-11-37(36)39(26-35)40(34)38/h1-26H. The van der Waals surface area contributed by atoms with Gasteiger partial charge >= 0.3 is 0 Å². The molecule has 0 radical (unpaired) electrons. The van der Waals surface area contributed by atoms with Crippen LogP contribution in [0.15, 0.2) is 158 Å². The van der Waals surface area contributed by atoms with Crippen molar-refractivity contribution in [1.82, 2.24) is 0 Å². The summed E-state index contributed by atoms with van der Waals surface area (Å²) in [6.45, 7) is 0. The van der Waals surface area contributed by atoms with Crippen LogP contribution in [0.3, 0.4) is 0 Å². The monoisotopic (exact) mass is 506 g/mol. The van der Waals surface area contributed by atoms with Gasteiger partial charge in [0.1, 0.15) is 0 Å². The van der Waals surface area contributed by atoms with Crippen molar-refractivity contribution in [3.8, 4) is 66.8 Å². The van der Waals surface area contributed by atoms with Crippen molar-refractivity contribution in [3.05, 3.63) is 158 Å². The number of hydrogen-bond acceptors (Lipinski definition) is 0. The lowest BCUT2D eigenvalue weighted by Crippen LogP contribution is -1.84. The minimum atomic E-state index is 1.23. The van der Waals surface area contributed by atoms with Crippen LogP contribution < -0.4 is 0 Å². The minimum Gasteiger partial charge on any atom is -0.0622 e. The number of rotatable bonds is 4. The van der Waals surface area contributed by atoms with Gasteiger partial charge in [-0.05, 0) is 89.7 Å². The van der Waals surface area contributed by atoms with E-state index in [9.17, 15) is 0 Å². The molecule has 0 heteroatoms. The fourth-order valence-electron chi connectivity index (χ4n) is 6.18. The zero-order valence-corrected chi connectivity index (χ0v) is 22.0. The number of benzene rings is 7. The van der Waals surface area contributed by atoms with E-state index in [4.69, 9.17) is 0 Å². The van der Waals surface area contributed by atoms with Crippen LogP contribution in [-0.2, 0) is 0 Å².